The van der Waals surface area contributed by atoms with Gasteiger partial charge < -0.3 is 39.4 Å². The predicted octanol–water partition coefficient (Wildman–Crippen LogP) is 7.71. The van der Waals surface area contributed by atoms with Crippen LogP contribution in [0.2, 0.25) is 0 Å². The molecule has 2 amide bonds. The fraction of sp³-hybridized carbons (Fsp3) is 0.125. The summed E-state index contributed by atoms with van der Waals surface area (Å²) in [4.78, 5) is 56.1. The maximum absolute atomic E-state index is 12.7. The highest BCUT2D eigenvalue weighted by molar-refractivity contribution is 5.97. The number of amides is 2. The Kier molecular flexibility index (Phi) is 17.2. The predicted molar refractivity (Wildman–Crippen MR) is 232 cm³/mol. The number of carboxylic acid groups (broad SMARTS) is 1. The Morgan fingerprint density at radius 2 is 0.833 bits per heavy atom. The fourth-order valence-electron chi connectivity index (χ4n) is 5.30. The average Bonchev–Trinajstić information content (AvgIpc) is 3.33. The minimum Gasteiger partial charge on any atom is -0.481 e. The summed E-state index contributed by atoms with van der Waals surface area (Å²) in [6, 6.07) is 39.4. The summed E-state index contributed by atoms with van der Waals surface area (Å²) in [5, 5.41) is 49.6. The number of esters is 1. The number of carbonyl (C=O) groups is 4. The molecule has 18 heteroatoms. The largest absolute Gasteiger partial charge is 0.481 e. The van der Waals surface area contributed by atoms with Crippen LogP contribution < -0.4 is 29.6 Å². The number of benzene rings is 4. The maximum atomic E-state index is 12.7. The van der Waals surface area contributed by atoms with Crippen molar-refractivity contribution in [1.82, 2.24) is 20.6 Å². The Labute approximate surface area is 377 Å². The molecule has 0 aliphatic heterocycles. The molecular weight excluding hydrogens is 849 g/mol. The zero-order valence-electron chi connectivity index (χ0n) is 34.9. The van der Waals surface area contributed by atoms with Crippen LogP contribution in [0.3, 0.4) is 0 Å². The number of nitrogens with one attached hydrogen (secondary N) is 2. The molecule has 4 aromatic carbocycles. The van der Waals surface area contributed by atoms with E-state index in [1.807, 2.05) is 24.3 Å². The number of ether oxygens (including phenoxy) is 5. The highest BCUT2D eigenvalue weighted by Gasteiger charge is 2.19. The quantitative estimate of drug-likeness (QED) is 0.0739. The molecule has 0 saturated carbocycles. The molecule has 2 aromatic heterocycles. The first-order chi connectivity index (χ1) is 32.0. The number of carboxylic acids is 1. The van der Waals surface area contributed by atoms with Crippen LogP contribution in [-0.2, 0) is 14.3 Å². The van der Waals surface area contributed by atoms with Crippen LogP contribution in [0.1, 0.15) is 62.7 Å². The standard InChI is InChI=1S/C25H20N4O5.C23H16N4O5/c1-2-32-23(30)13-14-28-24(31)21-11-12-22(33-19-7-3-17(15-26)4-8-19)29-25(21)34-20-9-5-18(16-27)6-10-20;24-13-15-1-5-17(6-2-15)31-20-10-9-19(22(30)26-12-11-21(28)29)23(27-20)32-18-7-3-16(14-25)4-8-18/h3-12H,2,13-14H2,1H3,(H,28,31);1-10H,11-12H2,(H,26,30)(H,28,29). The number of nitrogens with zero attached hydrogens (tertiary/aromatic N) is 6. The van der Waals surface area contributed by atoms with Crippen LogP contribution in [0.4, 0.5) is 0 Å². The van der Waals surface area contributed by atoms with Crippen LogP contribution in [0.5, 0.6) is 46.5 Å². The Morgan fingerprint density at radius 3 is 1.15 bits per heavy atom. The highest BCUT2D eigenvalue weighted by atomic mass is 16.5. The highest BCUT2D eigenvalue weighted by Crippen LogP contribution is 2.30. The van der Waals surface area contributed by atoms with Crippen LogP contribution in [0.15, 0.2) is 121 Å². The second kappa shape index (κ2) is 24.0. The third-order valence-corrected chi connectivity index (χ3v) is 8.51. The van der Waals surface area contributed by atoms with Gasteiger partial charge in [-0.05, 0) is 116 Å². The normalized spacial score (nSPS) is 9.83. The molecule has 0 atom stereocenters. The van der Waals surface area contributed by atoms with Gasteiger partial charge in [-0.15, -0.1) is 0 Å². The first kappa shape index (κ1) is 47.3. The molecule has 0 aliphatic rings. The van der Waals surface area contributed by atoms with Crippen molar-refractivity contribution in [3.8, 4) is 70.8 Å². The number of hydrogen-bond acceptors (Lipinski definition) is 15. The number of aliphatic carboxylic acids is 1. The zero-order chi connectivity index (χ0) is 47.3. The Morgan fingerprint density at radius 1 is 0.500 bits per heavy atom. The average molecular weight is 885 g/mol. The molecule has 0 unspecified atom stereocenters. The number of nitriles is 4. The lowest BCUT2D eigenvalue weighted by Gasteiger charge is -2.13. The van der Waals surface area contributed by atoms with Crippen LogP contribution in [0, 0.1) is 45.3 Å². The summed E-state index contributed by atoms with van der Waals surface area (Å²) in [6.07, 6.45) is -0.205. The lowest BCUT2D eigenvalue weighted by molar-refractivity contribution is -0.143. The van der Waals surface area contributed by atoms with E-state index in [-0.39, 0.29) is 67.2 Å². The van der Waals surface area contributed by atoms with Gasteiger partial charge in [0, 0.05) is 25.2 Å². The van der Waals surface area contributed by atoms with Gasteiger partial charge in [0.1, 0.15) is 34.1 Å². The van der Waals surface area contributed by atoms with Gasteiger partial charge >= 0.3 is 11.9 Å². The Hall–Kier alpha value is -9.78. The zero-order valence-corrected chi connectivity index (χ0v) is 34.9. The molecule has 0 spiro atoms. The smallest absolute Gasteiger partial charge is 0.307 e. The molecule has 66 heavy (non-hydrogen) atoms. The number of rotatable bonds is 17. The van der Waals surface area contributed by atoms with Gasteiger partial charge in [0.15, 0.2) is 0 Å². The number of carbonyl (C=O) groups excluding carboxylic acids is 3. The lowest BCUT2D eigenvalue weighted by Crippen LogP contribution is -2.27. The van der Waals surface area contributed by atoms with E-state index in [9.17, 15) is 19.2 Å². The first-order valence-corrected chi connectivity index (χ1v) is 19.7. The van der Waals surface area contributed by atoms with E-state index in [2.05, 4.69) is 20.6 Å². The number of pyridine rings is 2. The van der Waals surface area contributed by atoms with Crippen molar-refractivity contribution >= 4 is 23.8 Å². The van der Waals surface area contributed by atoms with Gasteiger partial charge in [-0.2, -0.15) is 31.0 Å². The van der Waals surface area contributed by atoms with Gasteiger partial charge in [0.25, 0.3) is 11.8 Å². The van der Waals surface area contributed by atoms with E-state index >= 15 is 0 Å². The van der Waals surface area contributed by atoms with Gasteiger partial charge in [-0.25, -0.2) is 0 Å². The minimum atomic E-state index is -1.04. The second-order valence-corrected chi connectivity index (χ2v) is 13.2. The van der Waals surface area contributed by atoms with E-state index < -0.39 is 23.8 Å². The van der Waals surface area contributed by atoms with E-state index in [1.165, 1.54) is 24.3 Å². The molecular formula is C48H36N8O10. The Balaban J connectivity index is 0.000000248. The van der Waals surface area contributed by atoms with Crippen molar-refractivity contribution in [2.45, 2.75) is 19.8 Å². The van der Waals surface area contributed by atoms with E-state index in [1.54, 1.807) is 104 Å². The minimum absolute atomic E-state index is 0.0236. The molecule has 6 aromatic rings. The fourth-order valence-corrected chi connectivity index (χ4v) is 5.30. The monoisotopic (exact) mass is 884 g/mol. The van der Waals surface area contributed by atoms with Crippen LogP contribution in [0.25, 0.3) is 0 Å². The number of hydrogen-bond donors (Lipinski definition) is 3. The molecule has 0 aliphatic carbocycles. The van der Waals surface area contributed by atoms with E-state index in [0.29, 0.717) is 45.3 Å². The van der Waals surface area contributed by atoms with Crippen LogP contribution in [-0.4, -0.2) is 58.5 Å². The summed E-state index contributed by atoms with van der Waals surface area (Å²) in [6.45, 7) is 1.99. The molecule has 6 rings (SSSR count). The molecule has 0 bridgehead atoms. The van der Waals surface area contributed by atoms with Crippen molar-refractivity contribution in [3.05, 3.63) is 155 Å². The molecule has 328 valence electrons. The molecule has 18 nitrogen and oxygen atoms in total. The topological polar surface area (TPSA) is 280 Å². The van der Waals surface area contributed by atoms with Gasteiger partial charge in [0.05, 0.1) is 66.0 Å². The van der Waals surface area contributed by atoms with Gasteiger partial charge in [-0.1, -0.05) is 0 Å². The summed E-state index contributed by atoms with van der Waals surface area (Å²) in [5.74, 6) is -0.714. The van der Waals surface area contributed by atoms with Crippen LogP contribution >= 0.6 is 0 Å². The molecule has 0 saturated heterocycles. The summed E-state index contributed by atoms with van der Waals surface area (Å²) < 4.78 is 27.8. The molecule has 3 N–H and O–H groups in total. The molecule has 2 heterocycles. The third kappa shape index (κ3) is 14.4. The van der Waals surface area contributed by atoms with Crippen molar-refractivity contribution in [2.24, 2.45) is 0 Å². The number of aromatic nitrogens is 2. The second-order valence-electron chi connectivity index (χ2n) is 13.2. The lowest BCUT2D eigenvalue weighted by atomic mass is 10.2. The van der Waals surface area contributed by atoms with Gasteiger partial charge in [-0.3, -0.25) is 19.2 Å². The molecule has 0 fully saturated rings. The third-order valence-electron chi connectivity index (χ3n) is 8.51. The molecule has 0 radical (unpaired) electrons. The maximum Gasteiger partial charge on any atom is 0.307 e. The van der Waals surface area contributed by atoms with Crippen molar-refractivity contribution < 1.29 is 48.0 Å². The van der Waals surface area contributed by atoms with Crippen molar-refractivity contribution in [3.63, 3.8) is 0 Å². The first-order valence-electron chi connectivity index (χ1n) is 19.7. The summed E-state index contributed by atoms with van der Waals surface area (Å²) >= 11 is 0. The van der Waals surface area contributed by atoms with E-state index in [0.717, 1.165) is 0 Å². The summed E-state index contributed by atoms with van der Waals surface area (Å²) in [5.41, 5.74) is 2.06. The van der Waals surface area contributed by atoms with Gasteiger partial charge in [0.2, 0.25) is 23.5 Å². The SMILES string of the molecule is CCOC(=O)CCNC(=O)c1ccc(Oc2ccc(C#N)cc2)nc1Oc1ccc(C#N)cc1.N#Cc1ccc(Oc2ccc(C(=O)NCCC(=O)O)c(Oc3ccc(C#N)cc3)n2)cc1. The Bertz CT molecular complexity index is 2840. The summed E-state index contributed by atoms with van der Waals surface area (Å²) in [7, 11) is 0. The van der Waals surface area contributed by atoms with Crippen molar-refractivity contribution in [2.75, 3.05) is 19.7 Å². The van der Waals surface area contributed by atoms with E-state index in [4.69, 9.17) is 49.8 Å². The van der Waals surface area contributed by atoms with Crippen molar-refractivity contribution in [1.29, 1.82) is 21.0 Å².